The predicted molar refractivity (Wildman–Crippen MR) is 59.2 cm³/mol. The Morgan fingerprint density at radius 3 is 2.69 bits per heavy atom. The van der Waals surface area contributed by atoms with Crippen LogP contribution in [0.1, 0.15) is 25.3 Å². The molecule has 4 nitrogen and oxygen atoms in total. The molecule has 1 aromatic carbocycles. The van der Waals surface area contributed by atoms with Crippen LogP contribution in [0.15, 0.2) is 24.3 Å². The van der Waals surface area contributed by atoms with Crippen LogP contribution in [-0.2, 0) is 10.2 Å². The molecule has 1 aliphatic rings. The van der Waals surface area contributed by atoms with Crippen LogP contribution in [0.2, 0.25) is 0 Å². The number of hydrogen-bond acceptors (Lipinski definition) is 3. The molecule has 0 heterocycles. The lowest BCUT2D eigenvalue weighted by Crippen LogP contribution is -2.41. The van der Waals surface area contributed by atoms with Crippen molar-refractivity contribution in [3.63, 3.8) is 0 Å². The highest BCUT2D eigenvalue weighted by Crippen LogP contribution is 2.46. The summed E-state index contributed by atoms with van der Waals surface area (Å²) in [5.74, 6) is 0.518. The smallest absolute Gasteiger partial charge is 0.269 e. The molecule has 0 bridgehead atoms. The Morgan fingerprint density at radius 2 is 2.19 bits per heavy atom. The molecule has 0 spiro atoms. The second-order valence-electron chi connectivity index (χ2n) is 4.59. The van der Waals surface area contributed by atoms with Gasteiger partial charge in [0, 0.05) is 12.1 Å². The normalized spacial score (nSPS) is 28.2. The lowest BCUT2D eigenvalue weighted by molar-refractivity contribution is -0.385. The van der Waals surface area contributed by atoms with Crippen molar-refractivity contribution in [3.05, 3.63) is 39.9 Å². The fraction of sp³-hybridized carbons (Fsp3) is 0.417. The molecule has 1 aromatic rings. The van der Waals surface area contributed by atoms with Gasteiger partial charge in [0.1, 0.15) is 6.29 Å². The highest BCUT2D eigenvalue weighted by molar-refractivity contribution is 5.71. The van der Waals surface area contributed by atoms with Crippen LogP contribution in [-0.4, -0.2) is 11.2 Å². The van der Waals surface area contributed by atoms with E-state index in [2.05, 4.69) is 6.92 Å². The monoisotopic (exact) mass is 219 g/mol. The van der Waals surface area contributed by atoms with E-state index in [1.165, 1.54) is 12.1 Å². The number of benzene rings is 1. The fourth-order valence-electron chi connectivity index (χ4n) is 2.51. The Morgan fingerprint density at radius 1 is 1.50 bits per heavy atom. The molecule has 2 rings (SSSR count). The number of aldehydes is 1. The zero-order valence-corrected chi connectivity index (χ0v) is 9.05. The van der Waals surface area contributed by atoms with Crippen LogP contribution in [0, 0.1) is 16.0 Å². The van der Waals surface area contributed by atoms with Gasteiger partial charge in [-0.05, 0) is 24.3 Å². The van der Waals surface area contributed by atoms with E-state index < -0.39 is 10.3 Å². The topological polar surface area (TPSA) is 60.2 Å². The minimum Gasteiger partial charge on any atom is -0.302 e. The van der Waals surface area contributed by atoms with Gasteiger partial charge in [-0.1, -0.05) is 19.1 Å². The predicted octanol–water partition coefficient (Wildman–Crippen LogP) is 2.46. The number of hydrogen-bond donors (Lipinski definition) is 0. The summed E-state index contributed by atoms with van der Waals surface area (Å²) in [6.45, 7) is 2.08. The molecule has 0 atom stereocenters. The highest BCUT2D eigenvalue weighted by atomic mass is 16.6. The van der Waals surface area contributed by atoms with E-state index in [-0.39, 0.29) is 5.69 Å². The summed E-state index contributed by atoms with van der Waals surface area (Å²) in [6.07, 6.45) is 2.52. The van der Waals surface area contributed by atoms with Crippen LogP contribution < -0.4 is 0 Å². The molecule has 0 aliphatic heterocycles. The molecule has 0 radical (unpaired) electrons. The van der Waals surface area contributed by atoms with E-state index >= 15 is 0 Å². The minimum atomic E-state index is -0.481. The van der Waals surface area contributed by atoms with Crippen molar-refractivity contribution in [1.29, 1.82) is 0 Å². The Bertz CT molecular complexity index is 436. The quantitative estimate of drug-likeness (QED) is 0.445. The molecule has 1 saturated carbocycles. The van der Waals surface area contributed by atoms with E-state index in [1.807, 2.05) is 0 Å². The van der Waals surface area contributed by atoms with Gasteiger partial charge in [-0.2, -0.15) is 0 Å². The summed E-state index contributed by atoms with van der Waals surface area (Å²) in [6, 6.07) is 6.40. The number of carbonyl (C=O) groups is 1. The standard InChI is InChI=1S/C12H13NO3/c1-9-6-12(7-9,8-14)10-3-2-4-11(5-10)13(15)16/h2-5,8-9H,6-7H2,1H3. The van der Waals surface area contributed by atoms with Crippen LogP contribution in [0.5, 0.6) is 0 Å². The summed E-state index contributed by atoms with van der Waals surface area (Å²) in [5.41, 5.74) is 0.346. The molecule has 84 valence electrons. The fourth-order valence-corrected chi connectivity index (χ4v) is 2.51. The van der Waals surface area contributed by atoms with Crippen molar-refractivity contribution in [3.8, 4) is 0 Å². The molecule has 0 saturated heterocycles. The second kappa shape index (κ2) is 3.70. The maximum absolute atomic E-state index is 11.2. The Kier molecular flexibility index (Phi) is 2.50. The van der Waals surface area contributed by atoms with E-state index in [0.29, 0.717) is 5.92 Å². The summed E-state index contributed by atoms with van der Waals surface area (Å²) < 4.78 is 0. The maximum Gasteiger partial charge on any atom is 0.269 e. The number of non-ortho nitro benzene ring substituents is 1. The summed E-state index contributed by atoms with van der Waals surface area (Å²) in [5, 5.41) is 10.7. The van der Waals surface area contributed by atoms with Gasteiger partial charge in [-0.25, -0.2) is 0 Å². The van der Waals surface area contributed by atoms with E-state index in [1.54, 1.807) is 12.1 Å². The van der Waals surface area contributed by atoms with Gasteiger partial charge < -0.3 is 4.79 Å². The van der Waals surface area contributed by atoms with Crippen LogP contribution in [0.3, 0.4) is 0 Å². The second-order valence-corrected chi connectivity index (χ2v) is 4.59. The number of rotatable bonds is 3. The average Bonchev–Trinajstić information content (AvgIpc) is 2.24. The Hall–Kier alpha value is -1.71. The van der Waals surface area contributed by atoms with Crippen LogP contribution >= 0.6 is 0 Å². The molecule has 1 aliphatic carbocycles. The van der Waals surface area contributed by atoms with Gasteiger partial charge in [0.05, 0.1) is 10.3 Å². The molecule has 0 N–H and O–H groups in total. The molecule has 0 aromatic heterocycles. The Balaban J connectivity index is 2.36. The van der Waals surface area contributed by atoms with Gasteiger partial charge in [0.15, 0.2) is 0 Å². The van der Waals surface area contributed by atoms with Crippen molar-refractivity contribution in [1.82, 2.24) is 0 Å². The number of carbonyl (C=O) groups excluding carboxylic acids is 1. The van der Waals surface area contributed by atoms with Gasteiger partial charge in [-0.3, -0.25) is 10.1 Å². The summed E-state index contributed by atoms with van der Waals surface area (Å²) in [7, 11) is 0. The number of nitro groups is 1. The zero-order chi connectivity index (χ0) is 11.8. The summed E-state index contributed by atoms with van der Waals surface area (Å²) >= 11 is 0. The third-order valence-electron chi connectivity index (χ3n) is 3.28. The van der Waals surface area contributed by atoms with Gasteiger partial charge in [0.2, 0.25) is 0 Å². The van der Waals surface area contributed by atoms with E-state index in [9.17, 15) is 14.9 Å². The third kappa shape index (κ3) is 1.60. The maximum atomic E-state index is 11.2. The molecule has 0 unspecified atom stereocenters. The van der Waals surface area contributed by atoms with Gasteiger partial charge in [0.25, 0.3) is 5.69 Å². The Labute approximate surface area is 93.4 Å². The molecule has 4 heteroatoms. The van der Waals surface area contributed by atoms with Crippen molar-refractivity contribution in [2.75, 3.05) is 0 Å². The first-order valence-electron chi connectivity index (χ1n) is 5.29. The highest BCUT2D eigenvalue weighted by Gasteiger charge is 2.43. The lowest BCUT2D eigenvalue weighted by Gasteiger charge is -2.42. The third-order valence-corrected chi connectivity index (χ3v) is 3.28. The molecule has 1 fully saturated rings. The first-order chi connectivity index (χ1) is 7.57. The van der Waals surface area contributed by atoms with Crippen LogP contribution in [0.25, 0.3) is 0 Å². The zero-order valence-electron chi connectivity index (χ0n) is 9.05. The van der Waals surface area contributed by atoms with Gasteiger partial charge in [-0.15, -0.1) is 0 Å². The minimum absolute atomic E-state index is 0.0540. The lowest BCUT2D eigenvalue weighted by atomic mass is 9.60. The molecular formula is C12H13NO3. The number of nitrogens with zero attached hydrogens (tertiary/aromatic N) is 1. The van der Waals surface area contributed by atoms with Crippen molar-refractivity contribution < 1.29 is 9.72 Å². The van der Waals surface area contributed by atoms with Crippen LogP contribution in [0.4, 0.5) is 5.69 Å². The summed E-state index contributed by atoms with van der Waals surface area (Å²) in [4.78, 5) is 21.4. The largest absolute Gasteiger partial charge is 0.302 e. The van der Waals surface area contributed by atoms with Crippen molar-refractivity contribution in [2.45, 2.75) is 25.2 Å². The molecule has 0 amide bonds. The first kappa shape index (κ1) is 10.8. The van der Waals surface area contributed by atoms with Crippen molar-refractivity contribution in [2.24, 2.45) is 5.92 Å². The van der Waals surface area contributed by atoms with E-state index in [0.717, 1.165) is 24.7 Å². The van der Waals surface area contributed by atoms with E-state index in [4.69, 9.17) is 0 Å². The SMILES string of the molecule is CC1CC(C=O)(c2cccc([N+](=O)[O-])c2)C1. The molecule has 16 heavy (non-hydrogen) atoms. The molecular weight excluding hydrogens is 206 g/mol. The number of nitro benzene ring substituents is 1. The van der Waals surface area contributed by atoms with Crippen molar-refractivity contribution >= 4 is 12.0 Å². The van der Waals surface area contributed by atoms with Gasteiger partial charge >= 0.3 is 0 Å². The average molecular weight is 219 g/mol. The first-order valence-corrected chi connectivity index (χ1v) is 5.29.